The summed E-state index contributed by atoms with van der Waals surface area (Å²) in [5.74, 6) is -2.06. The first-order valence-corrected chi connectivity index (χ1v) is 9.59. The number of amides is 1. The van der Waals surface area contributed by atoms with Gasteiger partial charge in [-0.2, -0.15) is 0 Å². The van der Waals surface area contributed by atoms with Crippen LogP contribution in [0.4, 0.5) is 8.78 Å². The van der Waals surface area contributed by atoms with Crippen molar-refractivity contribution in [1.82, 2.24) is 9.80 Å². The van der Waals surface area contributed by atoms with Crippen molar-refractivity contribution >= 4 is 5.91 Å². The highest BCUT2D eigenvalue weighted by molar-refractivity contribution is 5.95. The average Bonchev–Trinajstić information content (AvgIpc) is 2.94. The summed E-state index contributed by atoms with van der Waals surface area (Å²) in [7, 11) is 0. The van der Waals surface area contributed by atoms with E-state index >= 15 is 0 Å². The van der Waals surface area contributed by atoms with E-state index in [4.69, 9.17) is 0 Å². The number of carbonyl (C=O) groups is 1. The van der Waals surface area contributed by atoms with E-state index in [1.54, 1.807) is 11.8 Å². The molecule has 27 heavy (non-hydrogen) atoms. The Bertz CT molecular complexity index is 842. The molecule has 142 valence electrons. The third kappa shape index (κ3) is 3.48. The smallest absolute Gasteiger partial charge is 0.259 e. The number of aryl methyl sites for hydroxylation is 1. The Hall–Kier alpha value is -2.27. The molecule has 0 unspecified atom stereocenters. The van der Waals surface area contributed by atoms with E-state index in [0.717, 1.165) is 32.4 Å². The molecule has 0 N–H and O–H groups in total. The first kappa shape index (κ1) is 18.1. The van der Waals surface area contributed by atoms with Gasteiger partial charge in [0.05, 0.1) is 0 Å². The molecule has 0 spiro atoms. The van der Waals surface area contributed by atoms with Crippen LogP contribution in [0.3, 0.4) is 0 Å². The molecule has 1 amide bonds. The van der Waals surface area contributed by atoms with E-state index in [-0.39, 0.29) is 0 Å². The second-order valence-electron chi connectivity index (χ2n) is 7.57. The lowest BCUT2D eigenvalue weighted by Crippen LogP contribution is -2.40. The summed E-state index contributed by atoms with van der Waals surface area (Å²) in [4.78, 5) is 16.8. The third-order valence-electron chi connectivity index (χ3n) is 5.86. The van der Waals surface area contributed by atoms with Crippen LogP contribution in [0.5, 0.6) is 0 Å². The van der Waals surface area contributed by atoms with Gasteiger partial charge in [0.1, 0.15) is 17.2 Å². The molecule has 1 heterocycles. The lowest BCUT2D eigenvalue weighted by molar-refractivity contribution is 0.0748. The van der Waals surface area contributed by atoms with Gasteiger partial charge < -0.3 is 4.90 Å². The summed E-state index contributed by atoms with van der Waals surface area (Å²) in [6, 6.07) is 11.5. The fourth-order valence-corrected chi connectivity index (χ4v) is 4.31. The minimum Gasteiger partial charge on any atom is -0.337 e. The predicted molar refractivity (Wildman–Crippen MR) is 101 cm³/mol. The molecule has 0 saturated carbocycles. The van der Waals surface area contributed by atoms with E-state index in [1.165, 1.54) is 23.3 Å². The fraction of sp³-hybridized carbons (Fsp3) is 0.409. The number of benzene rings is 2. The first-order valence-electron chi connectivity index (χ1n) is 9.59. The molecule has 2 aromatic rings. The minimum absolute atomic E-state index is 0.292. The lowest BCUT2D eigenvalue weighted by atomic mass is 10.1. The molecule has 3 nitrogen and oxygen atoms in total. The van der Waals surface area contributed by atoms with Crippen LogP contribution in [0.2, 0.25) is 0 Å². The van der Waals surface area contributed by atoms with Crippen molar-refractivity contribution < 1.29 is 13.6 Å². The summed E-state index contributed by atoms with van der Waals surface area (Å²) < 4.78 is 28.5. The average molecular weight is 370 g/mol. The maximum Gasteiger partial charge on any atom is 0.259 e. The third-order valence-corrected chi connectivity index (χ3v) is 5.86. The Morgan fingerprint density at radius 2 is 1.67 bits per heavy atom. The topological polar surface area (TPSA) is 23.6 Å². The molecule has 0 bridgehead atoms. The maximum absolute atomic E-state index is 14.3. The first-order chi connectivity index (χ1) is 13.0. The standard InChI is InChI=1S/C22H24F2N2O/c1-15-7-8-19(23)20(21(15)24)22(27)26-10-4-9-25(11-12-26)18-13-16-5-2-3-6-17(16)14-18/h2-3,5-8,18H,4,9-14H2,1H3. The molecule has 1 fully saturated rings. The molecule has 2 aliphatic rings. The zero-order valence-electron chi connectivity index (χ0n) is 15.5. The second-order valence-corrected chi connectivity index (χ2v) is 7.57. The molecule has 0 atom stereocenters. The number of halogens is 2. The molecule has 1 saturated heterocycles. The van der Waals surface area contributed by atoms with Gasteiger partial charge >= 0.3 is 0 Å². The number of carbonyl (C=O) groups excluding carboxylic acids is 1. The van der Waals surface area contributed by atoms with Gasteiger partial charge in [0.25, 0.3) is 5.91 Å². The Morgan fingerprint density at radius 1 is 0.963 bits per heavy atom. The monoisotopic (exact) mass is 370 g/mol. The van der Waals surface area contributed by atoms with Crippen LogP contribution < -0.4 is 0 Å². The zero-order valence-corrected chi connectivity index (χ0v) is 15.5. The molecule has 1 aliphatic heterocycles. The van der Waals surface area contributed by atoms with Crippen LogP contribution >= 0.6 is 0 Å². The van der Waals surface area contributed by atoms with Crippen LogP contribution in [-0.2, 0) is 12.8 Å². The van der Waals surface area contributed by atoms with Crippen LogP contribution in [0.25, 0.3) is 0 Å². The van der Waals surface area contributed by atoms with Crippen LogP contribution in [0, 0.1) is 18.6 Å². The largest absolute Gasteiger partial charge is 0.337 e. The van der Waals surface area contributed by atoms with E-state index in [0.29, 0.717) is 24.7 Å². The molecule has 0 radical (unpaired) electrons. The molecular weight excluding hydrogens is 346 g/mol. The predicted octanol–water partition coefficient (Wildman–Crippen LogP) is 3.59. The Labute approximate surface area is 158 Å². The molecule has 0 aromatic heterocycles. The number of fused-ring (bicyclic) bond motifs is 1. The van der Waals surface area contributed by atoms with Gasteiger partial charge in [0.15, 0.2) is 0 Å². The zero-order chi connectivity index (χ0) is 19.0. The Balaban J connectivity index is 1.45. The van der Waals surface area contributed by atoms with Crippen molar-refractivity contribution in [3.05, 3.63) is 70.3 Å². The van der Waals surface area contributed by atoms with Crippen molar-refractivity contribution in [3.63, 3.8) is 0 Å². The van der Waals surface area contributed by atoms with Crippen molar-refractivity contribution in [2.45, 2.75) is 32.2 Å². The van der Waals surface area contributed by atoms with Gasteiger partial charge in [0.2, 0.25) is 0 Å². The number of hydrogen-bond donors (Lipinski definition) is 0. The number of nitrogens with zero attached hydrogens (tertiary/aromatic N) is 2. The highest BCUT2D eigenvalue weighted by Gasteiger charge is 2.30. The van der Waals surface area contributed by atoms with Crippen molar-refractivity contribution in [2.24, 2.45) is 0 Å². The van der Waals surface area contributed by atoms with Gasteiger partial charge in [0, 0.05) is 32.2 Å². The van der Waals surface area contributed by atoms with Gasteiger partial charge in [-0.15, -0.1) is 0 Å². The van der Waals surface area contributed by atoms with E-state index in [2.05, 4.69) is 29.2 Å². The number of hydrogen-bond acceptors (Lipinski definition) is 2. The summed E-state index contributed by atoms with van der Waals surface area (Å²) in [5.41, 5.74) is 2.68. The molecule has 5 heteroatoms. The van der Waals surface area contributed by atoms with E-state index in [1.807, 2.05) is 0 Å². The van der Waals surface area contributed by atoms with Crippen LogP contribution in [0.15, 0.2) is 36.4 Å². The lowest BCUT2D eigenvalue weighted by Gasteiger charge is -2.27. The SMILES string of the molecule is Cc1ccc(F)c(C(=O)N2CCCN(C3Cc4ccccc4C3)CC2)c1F. The molecule has 4 rings (SSSR count). The van der Waals surface area contributed by atoms with E-state index < -0.39 is 23.1 Å². The van der Waals surface area contributed by atoms with Gasteiger partial charge in [-0.05, 0) is 48.9 Å². The Kier molecular flexibility index (Phi) is 4.96. The summed E-state index contributed by atoms with van der Waals surface area (Å²) in [5, 5.41) is 0. The summed E-state index contributed by atoms with van der Waals surface area (Å²) >= 11 is 0. The van der Waals surface area contributed by atoms with Crippen molar-refractivity contribution in [2.75, 3.05) is 26.2 Å². The normalized spacial score (nSPS) is 18.4. The molecule has 1 aliphatic carbocycles. The second kappa shape index (κ2) is 7.39. The fourth-order valence-electron chi connectivity index (χ4n) is 4.31. The highest BCUT2D eigenvalue weighted by atomic mass is 19.1. The maximum atomic E-state index is 14.3. The highest BCUT2D eigenvalue weighted by Crippen LogP contribution is 2.26. The minimum atomic E-state index is -0.782. The van der Waals surface area contributed by atoms with Crippen molar-refractivity contribution in [1.29, 1.82) is 0 Å². The molecular formula is C22H24F2N2O. The van der Waals surface area contributed by atoms with Gasteiger partial charge in [-0.3, -0.25) is 9.69 Å². The van der Waals surface area contributed by atoms with Crippen LogP contribution in [-0.4, -0.2) is 47.9 Å². The summed E-state index contributed by atoms with van der Waals surface area (Å²) in [6.07, 6.45) is 2.88. The molecule has 2 aromatic carbocycles. The van der Waals surface area contributed by atoms with Gasteiger partial charge in [-0.25, -0.2) is 8.78 Å². The summed E-state index contributed by atoms with van der Waals surface area (Å²) in [6.45, 7) is 4.22. The van der Waals surface area contributed by atoms with E-state index in [9.17, 15) is 13.6 Å². The quantitative estimate of drug-likeness (QED) is 0.807. The number of rotatable bonds is 2. The van der Waals surface area contributed by atoms with Crippen molar-refractivity contribution in [3.8, 4) is 0 Å². The Morgan fingerprint density at radius 3 is 2.37 bits per heavy atom. The van der Waals surface area contributed by atoms with Crippen LogP contribution in [0.1, 0.15) is 33.5 Å². The van der Waals surface area contributed by atoms with Gasteiger partial charge in [-0.1, -0.05) is 30.3 Å².